The lowest BCUT2D eigenvalue weighted by Crippen LogP contribution is -2.47. The Morgan fingerprint density at radius 3 is 2.28 bits per heavy atom. The molecule has 0 aromatic heterocycles. The molecule has 0 bridgehead atoms. The van der Waals surface area contributed by atoms with Crippen LogP contribution in [0.3, 0.4) is 0 Å². The highest BCUT2D eigenvalue weighted by molar-refractivity contribution is 8.00. The Labute approximate surface area is 150 Å². The van der Waals surface area contributed by atoms with Crippen LogP contribution in [0.15, 0.2) is 34.1 Å². The molecule has 1 aromatic rings. The van der Waals surface area contributed by atoms with Gasteiger partial charge in [0, 0.05) is 31.1 Å². The van der Waals surface area contributed by atoms with E-state index in [0.717, 1.165) is 25.2 Å². The number of thioether (sulfide) groups is 1. The van der Waals surface area contributed by atoms with Gasteiger partial charge in [-0.1, -0.05) is 0 Å². The fourth-order valence-corrected chi connectivity index (χ4v) is 4.27. The molecule has 10 heteroatoms. The number of ether oxygens (including phenoxy) is 1. The van der Waals surface area contributed by atoms with Gasteiger partial charge in [0.1, 0.15) is 0 Å². The van der Waals surface area contributed by atoms with Gasteiger partial charge in [0.05, 0.1) is 17.1 Å². The number of benzene rings is 1. The molecule has 2 rings (SSSR count). The van der Waals surface area contributed by atoms with Gasteiger partial charge in [-0.15, -0.1) is 0 Å². The van der Waals surface area contributed by atoms with Gasteiger partial charge < -0.3 is 4.74 Å². The van der Waals surface area contributed by atoms with Gasteiger partial charge in [-0.2, -0.15) is 13.2 Å². The van der Waals surface area contributed by atoms with Gasteiger partial charge in [-0.25, -0.2) is 13.1 Å². The molecule has 5 nitrogen and oxygen atoms in total. The van der Waals surface area contributed by atoms with Crippen molar-refractivity contribution in [2.75, 3.05) is 26.2 Å². The predicted molar refractivity (Wildman–Crippen MR) is 90.0 cm³/mol. The third-order valence-electron chi connectivity index (χ3n) is 3.58. The van der Waals surface area contributed by atoms with E-state index in [9.17, 15) is 21.6 Å². The molecule has 1 aliphatic rings. The number of sulfonamides is 1. The van der Waals surface area contributed by atoms with E-state index in [1.807, 2.05) is 13.8 Å². The zero-order valence-corrected chi connectivity index (χ0v) is 15.5. The number of morpholine rings is 1. The number of nitrogens with zero attached hydrogens (tertiary/aromatic N) is 1. The van der Waals surface area contributed by atoms with Crippen LogP contribution in [0, 0.1) is 0 Å². The number of halogens is 3. The Morgan fingerprint density at radius 2 is 1.76 bits per heavy atom. The van der Waals surface area contributed by atoms with Crippen molar-refractivity contribution in [2.24, 2.45) is 0 Å². The smallest absolute Gasteiger partial charge is 0.373 e. The Morgan fingerprint density at radius 1 is 1.20 bits per heavy atom. The molecule has 0 amide bonds. The normalized spacial score (nSPS) is 22.9. The highest BCUT2D eigenvalue weighted by Gasteiger charge is 2.29. The van der Waals surface area contributed by atoms with Crippen molar-refractivity contribution in [1.82, 2.24) is 9.62 Å². The van der Waals surface area contributed by atoms with E-state index >= 15 is 0 Å². The van der Waals surface area contributed by atoms with Crippen LogP contribution in [0.4, 0.5) is 13.2 Å². The summed E-state index contributed by atoms with van der Waals surface area (Å²) in [5, 5.41) is 0. The Balaban J connectivity index is 1.88. The molecule has 1 saturated heterocycles. The largest absolute Gasteiger partial charge is 0.446 e. The second-order valence-corrected chi connectivity index (χ2v) is 8.84. The van der Waals surface area contributed by atoms with Crippen molar-refractivity contribution in [3.63, 3.8) is 0 Å². The van der Waals surface area contributed by atoms with Crippen LogP contribution in [0.1, 0.15) is 13.8 Å². The van der Waals surface area contributed by atoms with E-state index in [1.165, 1.54) is 12.1 Å². The summed E-state index contributed by atoms with van der Waals surface area (Å²) in [7, 11) is -3.75. The van der Waals surface area contributed by atoms with Crippen molar-refractivity contribution in [3.05, 3.63) is 24.3 Å². The predicted octanol–water partition coefficient (Wildman–Crippen LogP) is 2.69. The van der Waals surface area contributed by atoms with E-state index in [-0.39, 0.29) is 40.3 Å². The van der Waals surface area contributed by atoms with Crippen LogP contribution in [0.25, 0.3) is 0 Å². The lowest BCUT2D eigenvalue weighted by Gasteiger charge is -2.35. The van der Waals surface area contributed by atoms with Crippen molar-refractivity contribution in [2.45, 2.75) is 41.4 Å². The van der Waals surface area contributed by atoms with E-state index in [4.69, 9.17) is 4.74 Å². The van der Waals surface area contributed by atoms with Crippen LogP contribution in [0.5, 0.6) is 0 Å². The van der Waals surface area contributed by atoms with Crippen LogP contribution in [-0.4, -0.2) is 57.2 Å². The second-order valence-electron chi connectivity index (χ2n) is 5.93. The summed E-state index contributed by atoms with van der Waals surface area (Å²) < 4.78 is 69.4. The first-order chi connectivity index (χ1) is 11.5. The molecule has 1 N–H and O–H groups in total. The fraction of sp³-hybridized carbons (Fsp3) is 0.600. The molecule has 142 valence electrons. The average molecular weight is 398 g/mol. The van der Waals surface area contributed by atoms with Gasteiger partial charge >= 0.3 is 5.51 Å². The van der Waals surface area contributed by atoms with Crippen LogP contribution < -0.4 is 4.72 Å². The molecule has 2 unspecified atom stereocenters. The highest BCUT2D eigenvalue weighted by atomic mass is 32.2. The third kappa shape index (κ3) is 6.78. The SMILES string of the molecule is CC1CN(CCNS(=O)(=O)c2ccc(SC(F)(F)F)cc2)CC(C)O1. The molecule has 1 aromatic carbocycles. The fourth-order valence-electron chi connectivity index (χ4n) is 2.71. The van der Waals surface area contributed by atoms with E-state index in [1.54, 1.807) is 0 Å². The summed E-state index contributed by atoms with van der Waals surface area (Å²) in [6, 6.07) is 4.65. The minimum Gasteiger partial charge on any atom is -0.373 e. The molecular weight excluding hydrogens is 377 g/mol. The summed E-state index contributed by atoms with van der Waals surface area (Å²) in [5.41, 5.74) is -4.40. The van der Waals surface area contributed by atoms with Crippen molar-refractivity contribution in [3.8, 4) is 0 Å². The summed E-state index contributed by atoms with van der Waals surface area (Å²) in [5.74, 6) is 0. The first-order valence-corrected chi connectivity index (χ1v) is 10.1. The monoisotopic (exact) mass is 398 g/mol. The minimum absolute atomic E-state index is 0.0530. The molecule has 1 fully saturated rings. The average Bonchev–Trinajstić information content (AvgIpc) is 2.45. The number of rotatable bonds is 6. The number of alkyl halides is 3. The van der Waals surface area contributed by atoms with Crippen molar-refractivity contribution < 1.29 is 26.3 Å². The quantitative estimate of drug-likeness (QED) is 0.747. The van der Waals surface area contributed by atoms with E-state index in [0.29, 0.717) is 6.54 Å². The Bertz CT molecular complexity index is 656. The number of hydrogen-bond acceptors (Lipinski definition) is 5. The summed E-state index contributed by atoms with van der Waals surface area (Å²) in [4.78, 5) is 2.01. The van der Waals surface area contributed by atoms with Crippen LogP contribution in [0.2, 0.25) is 0 Å². The molecule has 0 radical (unpaired) electrons. The first-order valence-electron chi connectivity index (χ1n) is 7.78. The Hall–Kier alpha value is -0.810. The summed E-state index contributed by atoms with van der Waals surface area (Å²) >= 11 is -0.277. The molecule has 0 aliphatic carbocycles. The molecule has 0 spiro atoms. The van der Waals surface area contributed by atoms with Crippen LogP contribution in [-0.2, 0) is 14.8 Å². The lowest BCUT2D eigenvalue weighted by molar-refractivity contribution is -0.0671. The maximum Gasteiger partial charge on any atom is 0.446 e. The maximum absolute atomic E-state index is 12.3. The summed E-state index contributed by atoms with van der Waals surface area (Å²) in [6.45, 7) is 6.16. The zero-order chi connectivity index (χ0) is 18.7. The highest BCUT2D eigenvalue weighted by Crippen LogP contribution is 2.36. The Kier molecular flexibility index (Phi) is 6.77. The van der Waals surface area contributed by atoms with Gasteiger partial charge in [-0.05, 0) is 49.9 Å². The van der Waals surface area contributed by atoms with Gasteiger partial charge in [-0.3, -0.25) is 4.90 Å². The zero-order valence-electron chi connectivity index (χ0n) is 13.9. The topological polar surface area (TPSA) is 58.6 Å². The van der Waals surface area contributed by atoms with Crippen molar-refractivity contribution >= 4 is 21.8 Å². The lowest BCUT2D eigenvalue weighted by atomic mass is 10.2. The second kappa shape index (κ2) is 8.26. The van der Waals surface area contributed by atoms with Crippen LogP contribution >= 0.6 is 11.8 Å². The van der Waals surface area contributed by atoms with E-state index in [2.05, 4.69) is 9.62 Å². The standard InChI is InChI=1S/C15H21F3N2O3S2/c1-11-9-20(10-12(2)23-11)8-7-19-25(21,22)14-5-3-13(4-6-14)24-15(16,17)18/h3-6,11-12,19H,7-10H2,1-2H3. The van der Waals surface area contributed by atoms with Gasteiger partial charge in [0.15, 0.2) is 0 Å². The van der Waals surface area contributed by atoms with Crippen molar-refractivity contribution in [1.29, 1.82) is 0 Å². The number of hydrogen-bond donors (Lipinski definition) is 1. The molecule has 0 saturated carbocycles. The first kappa shape index (κ1) is 20.5. The van der Waals surface area contributed by atoms with Gasteiger partial charge in [0.2, 0.25) is 10.0 Å². The molecule has 1 aliphatic heterocycles. The summed E-state index contributed by atoms with van der Waals surface area (Å²) in [6.07, 6.45) is 0.193. The molecule has 25 heavy (non-hydrogen) atoms. The van der Waals surface area contributed by atoms with E-state index < -0.39 is 15.5 Å². The molecule has 1 heterocycles. The molecule has 2 atom stereocenters. The third-order valence-corrected chi connectivity index (χ3v) is 5.80. The van der Waals surface area contributed by atoms with Gasteiger partial charge in [0.25, 0.3) is 0 Å². The minimum atomic E-state index is -4.40. The molecular formula is C15H21F3N2O3S2. The maximum atomic E-state index is 12.3. The number of nitrogens with one attached hydrogen (secondary N) is 1.